The second-order valence-electron chi connectivity index (χ2n) is 5.64. The van der Waals surface area contributed by atoms with Crippen LogP contribution in [0, 0.1) is 0 Å². The van der Waals surface area contributed by atoms with Gasteiger partial charge in [0.1, 0.15) is 0 Å². The monoisotopic (exact) mass is 373 g/mol. The lowest BCUT2D eigenvalue weighted by Gasteiger charge is -2.23. The van der Waals surface area contributed by atoms with Crippen LogP contribution in [-0.4, -0.2) is 55.5 Å². The Bertz CT molecular complexity index is 668. The number of nitrogens with zero attached hydrogens (tertiary/aromatic N) is 1. The normalized spacial score (nSPS) is 16.5. The number of imide groups is 1. The molecule has 0 saturated carbocycles. The fourth-order valence-electron chi connectivity index (χ4n) is 2.31. The molecular formula is C15H19Cl2N4O3+. The van der Waals surface area contributed by atoms with E-state index in [1.165, 1.54) is 4.90 Å². The molecule has 9 heteroatoms. The molecule has 0 radical (unpaired) electrons. The van der Waals surface area contributed by atoms with Crippen molar-refractivity contribution in [1.82, 2.24) is 10.2 Å². The predicted octanol–water partition coefficient (Wildman–Crippen LogP) is 0.387. The van der Waals surface area contributed by atoms with Crippen molar-refractivity contribution in [2.24, 2.45) is 0 Å². The molecule has 3 N–H and O–H groups in total. The van der Waals surface area contributed by atoms with Gasteiger partial charge < -0.3 is 15.5 Å². The summed E-state index contributed by atoms with van der Waals surface area (Å²) in [5.74, 6) is -0.568. The van der Waals surface area contributed by atoms with Gasteiger partial charge in [0.2, 0.25) is 0 Å². The Kier molecular flexibility index (Phi) is 6.04. The Balaban J connectivity index is 1.91. The highest BCUT2D eigenvalue weighted by Gasteiger charge is 2.34. The third-order valence-electron chi connectivity index (χ3n) is 3.88. The van der Waals surface area contributed by atoms with Crippen molar-refractivity contribution in [2.75, 3.05) is 32.0 Å². The molecule has 7 nitrogen and oxygen atoms in total. The van der Waals surface area contributed by atoms with E-state index in [-0.39, 0.29) is 24.4 Å². The van der Waals surface area contributed by atoms with Crippen LogP contribution in [0.2, 0.25) is 10.0 Å². The van der Waals surface area contributed by atoms with E-state index in [0.29, 0.717) is 33.7 Å². The van der Waals surface area contributed by atoms with Crippen LogP contribution in [0.3, 0.4) is 0 Å². The Morgan fingerprint density at radius 2 is 2.08 bits per heavy atom. The number of carbonyl (C=O) groups excluding carboxylic acids is 3. The van der Waals surface area contributed by atoms with Gasteiger partial charge in [-0.3, -0.25) is 14.5 Å². The molecule has 1 aliphatic rings. The van der Waals surface area contributed by atoms with Crippen LogP contribution in [0.4, 0.5) is 10.5 Å². The van der Waals surface area contributed by atoms with Gasteiger partial charge in [-0.2, -0.15) is 0 Å². The quantitative estimate of drug-likeness (QED) is 0.697. The number of rotatable bonds is 5. The molecule has 24 heavy (non-hydrogen) atoms. The van der Waals surface area contributed by atoms with Gasteiger partial charge in [-0.05, 0) is 25.1 Å². The van der Waals surface area contributed by atoms with E-state index in [2.05, 4.69) is 10.6 Å². The van der Waals surface area contributed by atoms with Crippen molar-refractivity contribution in [3.8, 4) is 0 Å². The number of benzene rings is 1. The maximum Gasteiger partial charge on any atom is 0.324 e. The van der Waals surface area contributed by atoms with E-state index in [0.717, 1.165) is 0 Å². The minimum Gasteiger partial charge on any atom is -0.336 e. The molecule has 2 atom stereocenters. The Labute approximate surface area is 149 Å². The number of hydrogen-bond acceptors (Lipinski definition) is 3. The van der Waals surface area contributed by atoms with Crippen molar-refractivity contribution < 1.29 is 19.3 Å². The summed E-state index contributed by atoms with van der Waals surface area (Å²) in [5, 5.41) is 6.04. The van der Waals surface area contributed by atoms with Gasteiger partial charge in [0, 0.05) is 18.8 Å². The lowest BCUT2D eigenvalue weighted by Crippen LogP contribution is -3.15. The van der Waals surface area contributed by atoms with Gasteiger partial charge in [-0.15, -0.1) is 0 Å². The molecule has 4 amide bonds. The van der Waals surface area contributed by atoms with Crippen LogP contribution in [-0.2, 0) is 9.59 Å². The van der Waals surface area contributed by atoms with Gasteiger partial charge in [-0.25, -0.2) is 4.79 Å². The number of carbonyl (C=O) groups is 3. The molecule has 0 aromatic heterocycles. The zero-order valence-corrected chi connectivity index (χ0v) is 14.9. The lowest BCUT2D eigenvalue weighted by molar-refractivity contribution is -0.886. The first-order valence-electron chi connectivity index (χ1n) is 7.46. The number of anilines is 1. The second kappa shape index (κ2) is 7.83. The van der Waals surface area contributed by atoms with E-state index in [9.17, 15) is 14.4 Å². The largest absolute Gasteiger partial charge is 0.336 e. The van der Waals surface area contributed by atoms with E-state index in [4.69, 9.17) is 23.2 Å². The van der Waals surface area contributed by atoms with Gasteiger partial charge in [0.15, 0.2) is 12.6 Å². The average Bonchev–Trinajstić information content (AvgIpc) is 2.95. The summed E-state index contributed by atoms with van der Waals surface area (Å²) < 4.78 is 0. The van der Waals surface area contributed by atoms with Crippen LogP contribution in [0.25, 0.3) is 0 Å². The zero-order valence-electron chi connectivity index (χ0n) is 13.4. The first kappa shape index (κ1) is 18.5. The highest BCUT2D eigenvalue weighted by atomic mass is 35.5. The van der Waals surface area contributed by atoms with Crippen molar-refractivity contribution in [3.63, 3.8) is 0 Å². The molecule has 1 saturated heterocycles. The van der Waals surface area contributed by atoms with Crippen LogP contribution in [0.15, 0.2) is 18.2 Å². The molecule has 1 aromatic rings. The Morgan fingerprint density at radius 1 is 1.38 bits per heavy atom. The lowest BCUT2D eigenvalue weighted by atomic mass is 10.2. The highest BCUT2D eigenvalue weighted by molar-refractivity contribution is 6.42. The fourth-order valence-corrected chi connectivity index (χ4v) is 2.61. The van der Waals surface area contributed by atoms with E-state index < -0.39 is 6.04 Å². The number of likely N-dealkylation sites (N-methyl/N-ethyl adjacent to an activating group) is 1. The highest BCUT2D eigenvalue weighted by Crippen LogP contribution is 2.24. The van der Waals surface area contributed by atoms with Crippen molar-refractivity contribution in [1.29, 1.82) is 0 Å². The smallest absolute Gasteiger partial charge is 0.324 e. The maximum absolute atomic E-state index is 12.3. The SMILES string of the molecule is C[C@H](C(=O)N1CCNC1=O)[NH+](C)CC(=O)Nc1ccc(Cl)c(Cl)c1. The molecule has 1 unspecified atom stereocenters. The number of hydrogen-bond donors (Lipinski definition) is 3. The summed E-state index contributed by atoms with van der Waals surface area (Å²) in [6, 6.07) is 3.88. The number of quaternary nitrogens is 1. The molecule has 0 aliphatic carbocycles. The summed E-state index contributed by atoms with van der Waals surface area (Å²) in [6.07, 6.45) is 0. The third-order valence-corrected chi connectivity index (χ3v) is 4.61. The summed E-state index contributed by atoms with van der Waals surface area (Å²) >= 11 is 11.7. The average molecular weight is 374 g/mol. The van der Waals surface area contributed by atoms with E-state index in [1.807, 2.05) is 0 Å². The zero-order chi connectivity index (χ0) is 17.9. The Morgan fingerprint density at radius 3 is 2.67 bits per heavy atom. The van der Waals surface area contributed by atoms with Gasteiger partial charge in [-0.1, -0.05) is 23.2 Å². The molecule has 0 spiro atoms. The summed E-state index contributed by atoms with van der Waals surface area (Å²) in [6.45, 7) is 2.57. The van der Waals surface area contributed by atoms with Crippen molar-refractivity contribution in [3.05, 3.63) is 28.2 Å². The molecule has 0 bridgehead atoms. The topological polar surface area (TPSA) is 83.0 Å². The van der Waals surface area contributed by atoms with E-state index in [1.54, 1.807) is 32.2 Å². The number of urea groups is 1. The van der Waals surface area contributed by atoms with Crippen LogP contribution >= 0.6 is 23.2 Å². The van der Waals surface area contributed by atoms with E-state index >= 15 is 0 Å². The number of nitrogens with one attached hydrogen (secondary N) is 3. The first-order valence-corrected chi connectivity index (χ1v) is 8.21. The molecule has 1 aliphatic heterocycles. The maximum atomic E-state index is 12.3. The van der Waals surface area contributed by atoms with Gasteiger partial charge >= 0.3 is 6.03 Å². The summed E-state index contributed by atoms with van der Waals surface area (Å²) in [5.41, 5.74) is 0.528. The fraction of sp³-hybridized carbons (Fsp3) is 0.400. The van der Waals surface area contributed by atoms with Crippen LogP contribution < -0.4 is 15.5 Å². The predicted molar refractivity (Wildman–Crippen MR) is 91.4 cm³/mol. The second-order valence-corrected chi connectivity index (χ2v) is 6.46. The molecular weight excluding hydrogens is 355 g/mol. The Hall–Kier alpha value is -1.83. The van der Waals surface area contributed by atoms with Crippen molar-refractivity contribution >= 4 is 46.7 Å². The summed E-state index contributed by atoms with van der Waals surface area (Å²) in [4.78, 5) is 37.8. The minimum absolute atomic E-state index is 0.0720. The number of amides is 4. The molecule has 1 aromatic carbocycles. The summed E-state index contributed by atoms with van der Waals surface area (Å²) in [7, 11) is 1.73. The third kappa shape index (κ3) is 4.37. The molecule has 1 heterocycles. The van der Waals surface area contributed by atoms with Crippen LogP contribution in [0.5, 0.6) is 0 Å². The van der Waals surface area contributed by atoms with Crippen molar-refractivity contribution in [2.45, 2.75) is 13.0 Å². The number of halogens is 2. The molecule has 1 fully saturated rings. The van der Waals surface area contributed by atoms with Crippen LogP contribution in [0.1, 0.15) is 6.92 Å². The molecule has 130 valence electrons. The molecule has 2 rings (SSSR count). The minimum atomic E-state index is -0.520. The van der Waals surface area contributed by atoms with Gasteiger partial charge in [0.25, 0.3) is 11.8 Å². The van der Waals surface area contributed by atoms with Gasteiger partial charge in [0.05, 0.1) is 17.1 Å². The standard InChI is InChI=1S/C15H18Cl2N4O3/c1-9(14(23)21-6-5-18-15(21)24)20(2)8-13(22)19-10-3-4-11(16)12(17)7-10/h3-4,7,9H,5-6,8H2,1-2H3,(H,18,24)(H,19,22)/p+1/t9-/m1/s1. The first-order chi connectivity index (χ1) is 11.3.